The molecule has 1 aliphatic rings. The lowest BCUT2D eigenvalue weighted by atomic mass is 10.4. The lowest BCUT2D eigenvalue weighted by Gasteiger charge is -2.25. The lowest BCUT2D eigenvalue weighted by molar-refractivity contribution is 0.529. The van der Waals surface area contributed by atoms with Gasteiger partial charge < -0.3 is 5.32 Å². The molecule has 0 saturated carbocycles. The van der Waals surface area contributed by atoms with Crippen LogP contribution >= 0.6 is 0 Å². The minimum absolute atomic E-state index is 0.212. The quantitative estimate of drug-likeness (QED) is 0.537. The molecule has 1 fully saturated rings. The molecule has 1 aliphatic heterocycles. The highest BCUT2D eigenvalue weighted by Crippen LogP contribution is 2.11. The molecule has 0 radical (unpaired) electrons. The largest absolute Gasteiger partial charge is 0.314 e. The van der Waals surface area contributed by atoms with E-state index in [1.807, 2.05) is 0 Å². The number of hydrogen-bond acceptors (Lipinski definition) is 3. The zero-order valence-corrected chi connectivity index (χ0v) is 7.11. The van der Waals surface area contributed by atoms with Gasteiger partial charge in [-0.05, 0) is 13.8 Å². The highest BCUT2D eigenvalue weighted by molar-refractivity contribution is 7.92. The van der Waals surface area contributed by atoms with Crippen molar-refractivity contribution in [2.75, 3.05) is 13.1 Å². The standard InChI is InChI=1S/C6H13NO2S/c1-5-3-7-4-6(2)10(5,8)9/h5-7H,3-4H2,1-2H3/t5-,6+. The smallest absolute Gasteiger partial charge is 0.157 e. The average molecular weight is 163 g/mol. The van der Waals surface area contributed by atoms with Gasteiger partial charge in [-0.25, -0.2) is 8.42 Å². The molecule has 0 aliphatic carbocycles. The second-order valence-corrected chi connectivity index (χ2v) is 5.66. The molecule has 0 unspecified atom stereocenters. The van der Waals surface area contributed by atoms with Crippen LogP contribution < -0.4 is 5.32 Å². The van der Waals surface area contributed by atoms with Crippen LogP contribution in [0.5, 0.6) is 0 Å². The predicted molar refractivity (Wildman–Crippen MR) is 40.7 cm³/mol. The second kappa shape index (κ2) is 2.51. The van der Waals surface area contributed by atoms with Crippen LogP contribution in [0.1, 0.15) is 13.8 Å². The van der Waals surface area contributed by atoms with Crippen LogP contribution in [-0.2, 0) is 9.84 Å². The summed E-state index contributed by atoms with van der Waals surface area (Å²) in [7, 11) is -2.80. The van der Waals surface area contributed by atoms with Crippen LogP contribution in [0.2, 0.25) is 0 Å². The van der Waals surface area contributed by atoms with E-state index in [1.54, 1.807) is 13.8 Å². The molecule has 1 rings (SSSR count). The highest BCUT2D eigenvalue weighted by Gasteiger charge is 2.30. The Morgan fingerprint density at radius 1 is 1.20 bits per heavy atom. The molecule has 0 spiro atoms. The summed E-state index contributed by atoms with van der Waals surface area (Å²) in [4.78, 5) is 0. The maximum absolute atomic E-state index is 11.3. The molecule has 0 aromatic rings. The van der Waals surface area contributed by atoms with Gasteiger partial charge in [-0.2, -0.15) is 0 Å². The van der Waals surface area contributed by atoms with E-state index < -0.39 is 9.84 Å². The molecule has 1 N–H and O–H groups in total. The van der Waals surface area contributed by atoms with E-state index in [2.05, 4.69) is 5.32 Å². The van der Waals surface area contributed by atoms with E-state index in [1.165, 1.54) is 0 Å². The highest BCUT2D eigenvalue weighted by atomic mass is 32.2. The van der Waals surface area contributed by atoms with Crippen molar-refractivity contribution in [3.8, 4) is 0 Å². The van der Waals surface area contributed by atoms with E-state index in [0.717, 1.165) is 0 Å². The van der Waals surface area contributed by atoms with E-state index in [4.69, 9.17) is 0 Å². The summed E-state index contributed by atoms with van der Waals surface area (Å²) in [5.74, 6) is 0. The van der Waals surface area contributed by atoms with Crippen molar-refractivity contribution in [3.05, 3.63) is 0 Å². The zero-order chi connectivity index (χ0) is 7.78. The molecule has 0 amide bonds. The topological polar surface area (TPSA) is 46.2 Å². The van der Waals surface area contributed by atoms with E-state index >= 15 is 0 Å². The fraction of sp³-hybridized carbons (Fsp3) is 1.00. The van der Waals surface area contributed by atoms with Gasteiger partial charge in [-0.15, -0.1) is 0 Å². The second-order valence-electron chi connectivity index (χ2n) is 2.87. The number of nitrogens with one attached hydrogen (secondary N) is 1. The van der Waals surface area contributed by atoms with Gasteiger partial charge in [0.25, 0.3) is 0 Å². The molecular weight excluding hydrogens is 150 g/mol. The summed E-state index contributed by atoms with van der Waals surface area (Å²) >= 11 is 0. The molecule has 2 atom stereocenters. The SMILES string of the molecule is C[C@@H]1CNC[C@H](C)S1(=O)=O. The molecule has 3 nitrogen and oxygen atoms in total. The van der Waals surface area contributed by atoms with Crippen molar-refractivity contribution in [1.82, 2.24) is 5.32 Å². The van der Waals surface area contributed by atoms with Gasteiger partial charge in [0, 0.05) is 13.1 Å². The van der Waals surface area contributed by atoms with Gasteiger partial charge in [-0.1, -0.05) is 0 Å². The van der Waals surface area contributed by atoms with Crippen molar-refractivity contribution in [2.24, 2.45) is 0 Å². The normalized spacial score (nSPS) is 39.4. The van der Waals surface area contributed by atoms with Crippen LogP contribution in [0, 0.1) is 0 Å². The fourth-order valence-electron chi connectivity index (χ4n) is 1.12. The van der Waals surface area contributed by atoms with Crippen LogP contribution in [0.15, 0.2) is 0 Å². The van der Waals surface area contributed by atoms with Gasteiger partial charge in [-0.3, -0.25) is 0 Å². The van der Waals surface area contributed by atoms with Gasteiger partial charge in [0.05, 0.1) is 10.5 Å². The first-order valence-electron chi connectivity index (χ1n) is 3.48. The van der Waals surface area contributed by atoms with Crippen molar-refractivity contribution in [3.63, 3.8) is 0 Å². The van der Waals surface area contributed by atoms with Gasteiger partial charge in [0.15, 0.2) is 9.84 Å². The molecule has 1 heterocycles. The molecule has 0 bridgehead atoms. The number of hydrogen-bond donors (Lipinski definition) is 1. The van der Waals surface area contributed by atoms with Crippen LogP contribution in [0.4, 0.5) is 0 Å². The maximum atomic E-state index is 11.3. The Morgan fingerprint density at radius 3 is 1.90 bits per heavy atom. The third-order valence-corrected chi connectivity index (χ3v) is 4.56. The first kappa shape index (κ1) is 8.01. The predicted octanol–water partition coefficient (Wildman–Crippen LogP) is -0.219. The van der Waals surface area contributed by atoms with Gasteiger partial charge >= 0.3 is 0 Å². The zero-order valence-electron chi connectivity index (χ0n) is 6.29. The summed E-state index contributed by atoms with van der Waals surface area (Å²) in [5, 5.41) is 2.64. The van der Waals surface area contributed by atoms with Crippen molar-refractivity contribution < 1.29 is 8.42 Å². The summed E-state index contributed by atoms with van der Waals surface area (Å²) in [6.07, 6.45) is 0. The summed E-state index contributed by atoms with van der Waals surface area (Å²) < 4.78 is 22.5. The molecule has 60 valence electrons. The Kier molecular flexibility index (Phi) is 2.01. The van der Waals surface area contributed by atoms with Crippen molar-refractivity contribution in [2.45, 2.75) is 24.3 Å². The van der Waals surface area contributed by atoms with Crippen LogP contribution in [0.25, 0.3) is 0 Å². The van der Waals surface area contributed by atoms with Gasteiger partial charge in [0.2, 0.25) is 0 Å². The third kappa shape index (κ3) is 1.18. The monoisotopic (exact) mass is 163 g/mol. The van der Waals surface area contributed by atoms with E-state index in [9.17, 15) is 8.42 Å². The Bertz CT molecular complexity index is 194. The van der Waals surface area contributed by atoms with Crippen molar-refractivity contribution >= 4 is 9.84 Å². The van der Waals surface area contributed by atoms with Crippen molar-refractivity contribution in [1.29, 1.82) is 0 Å². The first-order chi connectivity index (χ1) is 4.55. The van der Waals surface area contributed by atoms with E-state index in [0.29, 0.717) is 13.1 Å². The molecule has 1 saturated heterocycles. The van der Waals surface area contributed by atoms with Crippen LogP contribution in [0.3, 0.4) is 0 Å². The minimum Gasteiger partial charge on any atom is -0.314 e. The Hall–Kier alpha value is -0.0900. The number of rotatable bonds is 0. The Morgan fingerprint density at radius 2 is 1.60 bits per heavy atom. The summed E-state index contributed by atoms with van der Waals surface area (Å²) in [6, 6.07) is 0. The number of sulfone groups is 1. The third-order valence-electron chi connectivity index (χ3n) is 1.99. The molecule has 10 heavy (non-hydrogen) atoms. The molecule has 0 aromatic heterocycles. The fourth-order valence-corrected chi connectivity index (χ4v) is 2.61. The molecular formula is C6H13NO2S. The lowest BCUT2D eigenvalue weighted by Crippen LogP contribution is -2.47. The van der Waals surface area contributed by atoms with E-state index in [-0.39, 0.29) is 10.5 Å². The Balaban J connectivity index is 2.84. The molecule has 4 heteroatoms. The van der Waals surface area contributed by atoms with Crippen LogP contribution in [-0.4, -0.2) is 32.0 Å². The van der Waals surface area contributed by atoms with Gasteiger partial charge in [0.1, 0.15) is 0 Å². The maximum Gasteiger partial charge on any atom is 0.157 e. The first-order valence-corrected chi connectivity index (χ1v) is 5.09. The Labute approximate surface area is 61.7 Å². The summed E-state index contributed by atoms with van der Waals surface area (Å²) in [5.41, 5.74) is 0. The minimum atomic E-state index is -2.80. The molecule has 0 aromatic carbocycles. The average Bonchev–Trinajstić information content (AvgIpc) is 1.84. The summed E-state index contributed by atoms with van der Waals surface area (Å²) in [6.45, 7) is 4.70.